The van der Waals surface area contributed by atoms with Gasteiger partial charge in [-0.1, -0.05) is 0 Å². The van der Waals surface area contributed by atoms with E-state index in [1.165, 1.54) is 18.2 Å². The SMILES string of the molecule is CS(=O)(=O)c1ccc(NCC2CC(Cl)C2)c(S(C)(=O)=O)c1. The van der Waals surface area contributed by atoms with Crippen molar-refractivity contribution in [3.63, 3.8) is 0 Å². The lowest BCUT2D eigenvalue weighted by Crippen LogP contribution is -2.30. The zero-order valence-corrected chi connectivity index (χ0v) is 14.2. The summed E-state index contributed by atoms with van der Waals surface area (Å²) in [5.74, 6) is 0.425. The number of sulfone groups is 2. The van der Waals surface area contributed by atoms with Crippen molar-refractivity contribution in [2.75, 3.05) is 24.4 Å². The molecule has 2 rings (SSSR count). The molecule has 0 bridgehead atoms. The predicted octanol–water partition coefficient (Wildman–Crippen LogP) is 1.92. The monoisotopic (exact) mass is 351 g/mol. The highest BCUT2D eigenvalue weighted by Gasteiger charge is 2.27. The van der Waals surface area contributed by atoms with Crippen LogP contribution in [0.25, 0.3) is 0 Å². The van der Waals surface area contributed by atoms with Gasteiger partial charge in [-0.15, -0.1) is 11.6 Å². The van der Waals surface area contributed by atoms with Gasteiger partial charge in [-0.25, -0.2) is 16.8 Å². The molecular formula is C13H18ClNO4S2. The minimum absolute atomic E-state index is 0.00191. The molecule has 1 aliphatic rings. The fourth-order valence-electron chi connectivity index (χ4n) is 2.26. The minimum atomic E-state index is -3.52. The number of hydrogen-bond donors (Lipinski definition) is 1. The number of nitrogens with one attached hydrogen (secondary N) is 1. The maximum atomic E-state index is 11.9. The van der Waals surface area contributed by atoms with Crippen LogP contribution in [0.15, 0.2) is 28.0 Å². The topological polar surface area (TPSA) is 80.3 Å². The van der Waals surface area contributed by atoms with E-state index in [0.717, 1.165) is 25.4 Å². The van der Waals surface area contributed by atoms with Gasteiger partial charge in [0.15, 0.2) is 19.7 Å². The van der Waals surface area contributed by atoms with Crippen LogP contribution in [0.3, 0.4) is 0 Å². The number of anilines is 1. The van der Waals surface area contributed by atoms with Crippen molar-refractivity contribution in [1.82, 2.24) is 0 Å². The summed E-state index contributed by atoms with van der Waals surface area (Å²) in [6, 6.07) is 4.12. The zero-order chi connectivity index (χ0) is 15.8. The molecule has 1 aromatic rings. The second kappa shape index (κ2) is 5.78. The summed E-state index contributed by atoms with van der Waals surface area (Å²) < 4.78 is 46.8. The molecule has 0 atom stereocenters. The molecule has 1 fully saturated rings. The highest BCUT2D eigenvalue weighted by atomic mass is 35.5. The average Bonchev–Trinajstić information content (AvgIpc) is 2.30. The van der Waals surface area contributed by atoms with Crippen LogP contribution in [0, 0.1) is 5.92 Å². The number of halogens is 1. The highest BCUT2D eigenvalue weighted by Crippen LogP contribution is 2.33. The van der Waals surface area contributed by atoms with E-state index < -0.39 is 19.7 Å². The number of rotatable bonds is 5. The molecule has 0 radical (unpaired) electrons. The number of alkyl halides is 1. The summed E-state index contributed by atoms with van der Waals surface area (Å²) in [6.45, 7) is 0.629. The van der Waals surface area contributed by atoms with Gasteiger partial charge in [0.1, 0.15) is 0 Å². The van der Waals surface area contributed by atoms with Gasteiger partial charge in [-0.3, -0.25) is 0 Å². The molecule has 0 aliphatic heterocycles. The van der Waals surface area contributed by atoms with Crippen molar-refractivity contribution in [3.05, 3.63) is 18.2 Å². The van der Waals surface area contributed by atoms with Crippen LogP contribution in [0.1, 0.15) is 12.8 Å². The van der Waals surface area contributed by atoms with Crippen molar-refractivity contribution in [3.8, 4) is 0 Å². The van der Waals surface area contributed by atoms with Gasteiger partial charge in [0.25, 0.3) is 0 Å². The lowest BCUT2D eigenvalue weighted by molar-refractivity contribution is 0.341. The summed E-state index contributed by atoms with van der Waals surface area (Å²) in [5, 5.41) is 3.30. The first-order chi connectivity index (χ1) is 9.57. The molecular weight excluding hydrogens is 334 g/mol. The fraction of sp³-hybridized carbons (Fsp3) is 0.538. The van der Waals surface area contributed by atoms with E-state index in [1.807, 2.05) is 0 Å². The highest BCUT2D eigenvalue weighted by molar-refractivity contribution is 7.91. The standard InChI is InChI=1S/C13H18ClNO4S2/c1-20(16,17)11-3-4-12(13(7-11)21(2,18)19)15-8-9-5-10(14)6-9/h3-4,7,9-10,15H,5-6,8H2,1-2H3. The Morgan fingerprint density at radius 3 is 2.24 bits per heavy atom. The Bertz CT molecular complexity index is 737. The van der Waals surface area contributed by atoms with Crippen molar-refractivity contribution in [2.24, 2.45) is 5.92 Å². The molecule has 0 amide bonds. The Morgan fingerprint density at radius 1 is 1.14 bits per heavy atom. The maximum Gasteiger partial charge on any atom is 0.177 e. The first kappa shape index (κ1) is 16.6. The van der Waals surface area contributed by atoms with Gasteiger partial charge in [-0.05, 0) is 37.0 Å². The van der Waals surface area contributed by atoms with Gasteiger partial charge in [0.2, 0.25) is 0 Å². The van der Waals surface area contributed by atoms with E-state index in [0.29, 0.717) is 18.2 Å². The smallest absolute Gasteiger partial charge is 0.177 e. The molecule has 0 aromatic heterocycles. The van der Waals surface area contributed by atoms with E-state index >= 15 is 0 Å². The van der Waals surface area contributed by atoms with Crippen LogP contribution in [0.2, 0.25) is 0 Å². The van der Waals surface area contributed by atoms with Crippen LogP contribution in [-0.4, -0.2) is 41.3 Å². The average molecular weight is 352 g/mol. The van der Waals surface area contributed by atoms with Crippen molar-refractivity contribution in [2.45, 2.75) is 28.0 Å². The molecule has 1 aliphatic carbocycles. The second-order valence-electron chi connectivity index (χ2n) is 5.52. The van der Waals surface area contributed by atoms with E-state index in [1.54, 1.807) is 0 Å². The Labute approximate surface area is 130 Å². The van der Waals surface area contributed by atoms with Crippen LogP contribution in [0.4, 0.5) is 5.69 Å². The maximum absolute atomic E-state index is 11.9. The lowest BCUT2D eigenvalue weighted by Gasteiger charge is -2.31. The van der Waals surface area contributed by atoms with Crippen molar-refractivity contribution >= 4 is 37.0 Å². The van der Waals surface area contributed by atoms with E-state index in [2.05, 4.69) is 5.32 Å². The largest absolute Gasteiger partial charge is 0.384 e. The Hall–Kier alpha value is -0.790. The second-order valence-corrected chi connectivity index (χ2v) is 10.1. The number of benzene rings is 1. The normalized spacial score (nSPS) is 22.6. The van der Waals surface area contributed by atoms with Crippen LogP contribution >= 0.6 is 11.6 Å². The molecule has 0 saturated heterocycles. The third-order valence-electron chi connectivity index (χ3n) is 3.54. The molecule has 118 valence electrons. The third kappa shape index (κ3) is 4.11. The first-order valence-electron chi connectivity index (χ1n) is 6.49. The van der Waals surface area contributed by atoms with E-state index in [4.69, 9.17) is 11.6 Å². The van der Waals surface area contributed by atoms with Crippen molar-refractivity contribution in [1.29, 1.82) is 0 Å². The summed E-state index contributed by atoms with van der Waals surface area (Å²) in [6.07, 6.45) is 3.93. The van der Waals surface area contributed by atoms with Gasteiger partial charge in [-0.2, -0.15) is 0 Å². The van der Waals surface area contributed by atoms with Crippen LogP contribution in [-0.2, 0) is 19.7 Å². The number of hydrogen-bond acceptors (Lipinski definition) is 5. The third-order valence-corrected chi connectivity index (χ3v) is 6.14. The summed E-state index contributed by atoms with van der Waals surface area (Å²) in [4.78, 5) is 0.00473. The predicted molar refractivity (Wildman–Crippen MR) is 83.5 cm³/mol. The summed E-state index contributed by atoms with van der Waals surface area (Å²) in [5.41, 5.74) is 0.433. The van der Waals surface area contributed by atoms with Gasteiger partial charge < -0.3 is 5.32 Å². The summed E-state index contributed by atoms with van der Waals surface area (Å²) >= 11 is 5.91. The molecule has 21 heavy (non-hydrogen) atoms. The molecule has 0 heterocycles. The van der Waals surface area contributed by atoms with E-state index in [9.17, 15) is 16.8 Å². The minimum Gasteiger partial charge on any atom is -0.384 e. The quantitative estimate of drug-likeness (QED) is 0.820. The molecule has 8 heteroatoms. The Balaban J connectivity index is 2.28. The van der Waals surface area contributed by atoms with E-state index in [-0.39, 0.29) is 15.2 Å². The lowest BCUT2D eigenvalue weighted by atomic mass is 9.85. The molecule has 0 unspecified atom stereocenters. The van der Waals surface area contributed by atoms with Crippen LogP contribution in [0.5, 0.6) is 0 Å². The fourth-order valence-corrected chi connectivity index (χ4v) is 4.37. The van der Waals surface area contributed by atoms with Gasteiger partial charge >= 0.3 is 0 Å². The summed E-state index contributed by atoms with van der Waals surface area (Å²) in [7, 11) is -6.96. The molecule has 0 spiro atoms. The Morgan fingerprint density at radius 2 is 1.76 bits per heavy atom. The molecule has 1 N–H and O–H groups in total. The Kier molecular flexibility index (Phi) is 4.56. The van der Waals surface area contributed by atoms with Gasteiger partial charge in [0, 0.05) is 24.4 Å². The van der Waals surface area contributed by atoms with Gasteiger partial charge in [0.05, 0.1) is 15.5 Å². The molecule has 5 nitrogen and oxygen atoms in total. The zero-order valence-electron chi connectivity index (χ0n) is 11.8. The first-order valence-corrected chi connectivity index (χ1v) is 10.7. The van der Waals surface area contributed by atoms with Crippen LogP contribution < -0.4 is 5.32 Å². The molecule has 1 saturated carbocycles. The van der Waals surface area contributed by atoms with Crippen molar-refractivity contribution < 1.29 is 16.8 Å². The molecule has 1 aromatic carbocycles.